The standard InChI is InChI=1S/2C19H18P.2I3/c2*1-20(17-11-5-2-6-12-17,18-13-7-3-8-14-18)19-15-9-4-10-16-19;2*1-3-2/h2*2-16H,1H3;;/q2*+1;2*-1. The topological polar surface area (TPSA) is 0 Å². The summed E-state index contributed by atoms with van der Waals surface area (Å²) in [7, 11) is -3.05. The Hall–Kier alpha value is 0.560. The second kappa shape index (κ2) is 23.1. The van der Waals surface area contributed by atoms with Gasteiger partial charge in [0.05, 0.1) is 13.3 Å². The summed E-state index contributed by atoms with van der Waals surface area (Å²) in [5, 5.41) is 8.57. The van der Waals surface area contributed by atoms with Crippen molar-refractivity contribution in [3.8, 4) is 0 Å². The fourth-order valence-electron chi connectivity index (χ4n) is 5.25. The van der Waals surface area contributed by atoms with Crippen LogP contribution in [0.5, 0.6) is 0 Å². The zero-order chi connectivity index (χ0) is 33.1. The van der Waals surface area contributed by atoms with E-state index >= 15 is 0 Å². The van der Waals surface area contributed by atoms with E-state index in [9.17, 15) is 0 Å². The Bertz CT molecular complexity index is 1310. The fraction of sp³-hybridized carbons (Fsp3) is 0.0526. The maximum absolute atomic E-state index is 2.41. The van der Waals surface area contributed by atoms with Crippen molar-refractivity contribution < 1.29 is 26.5 Å². The third kappa shape index (κ3) is 11.8. The Balaban J connectivity index is 0.000000214. The second-order valence-electron chi connectivity index (χ2n) is 10.1. The van der Waals surface area contributed by atoms with E-state index < -0.39 is 14.5 Å². The zero-order valence-corrected chi connectivity index (χ0v) is 40.2. The number of benzene rings is 6. The summed E-state index contributed by atoms with van der Waals surface area (Å²) in [6, 6.07) is 65.3. The Morgan fingerprint density at radius 2 is 0.391 bits per heavy atom. The molecular formula is C38H36I6P2. The predicted molar refractivity (Wildman–Crippen MR) is 238 cm³/mol. The summed E-state index contributed by atoms with van der Waals surface area (Å²) in [5.74, 6) is 0. The number of rotatable bonds is 6. The van der Waals surface area contributed by atoms with Gasteiger partial charge in [0, 0.05) is 0 Å². The van der Waals surface area contributed by atoms with Crippen LogP contribution in [0, 0.1) is 0 Å². The molecule has 0 spiro atoms. The van der Waals surface area contributed by atoms with E-state index in [1.807, 2.05) is 0 Å². The summed E-state index contributed by atoms with van der Waals surface area (Å²) in [5.41, 5.74) is 0. The third-order valence-electron chi connectivity index (χ3n) is 7.64. The number of halogens is 6. The van der Waals surface area contributed by atoms with Crippen molar-refractivity contribution in [2.24, 2.45) is 0 Å². The average Bonchev–Trinajstić information content (AvgIpc) is 3.14. The molecular weight excluding hydrogens is 1280 g/mol. The third-order valence-corrected chi connectivity index (χ3v) is 15.6. The molecule has 0 nitrogen and oxygen atoms in total. The van der Waals surface area contributed by atoms with Gasteiger partial charge in [0.25, 0.3) is 0 Å². The molecule has 0 saturated carbocycles. The van der Waals surface area contributed by atoms with Crippen LogP contribution < -0.4 is 58.3 Å². The fourth-order valence-corrected chi connectivity index (χ4v) is 11.7. The molecule has 0 aliphatic heterocycles. The minimum absolute atomic E-state index is 0.530. The van der Waals surface area contributed by atoms with Crippen molar-refractivity contribution in [3.05, 3.63) is 182 Å². The summed E-state index contributed by atoms with van der Waals surface area (Å²) >= 11 is 10.6. The van der Waals surface area contributed by atoms with E-state index in [1.165, 1.54) is 31.8 Å². The van der Waals surface area contributed by atoms with Crippen molar-refractivity contribution in [3.63, 3.8) is 0 Å². The molecule has 46 heavy (non-hydrogen) atoms. The molecule has 0 fully saturated rings. The van der Waals surface area contributed by atoms with E-state index in [4.69, 9.17) is 0 Å². The second-order valence-corrected chi connectivity index (χ2v) is 49.7. The molecule has 0 atom stereocenters. The van der Waals surface area contributed by atoms with Crippen LogP contribution in [0.3, 0.4) is 0 Å². The van der Waals surface area contributed by atoms with E-state index in [2.05, 4.69) is 270 Å². The van der Waals surface area contributed by atoms with Gasteiger partial charge in [0.2, 0.25) is 0 Å². The molecule has 6 aromatic rings. The van der Waals surface area contributed by atoms with Crippen LogP contribution in [0.2, 0.25) is 0 Å². The molecule has 0 radical (unpaired) electrons. The predicted octanol–water partition coefficient (Wildman–Crippen LogP) is 4.77. The maximum atomic E-state index is 2.41. The number of hydrogen-bond donors (Lipinski definition) is 0. The normalized spacial score (nSPS) is 10.7. The van der Waals surface area contributed by atoms with Gasteiger partial charge in [-0.3, -0.25) is 0 Å². The molecule has 240 valence electrons. The summed E-state index contributed by atoms with van der Waals surface area (Å²) < 4.78 is 0. The van der Waals surface area contributed by atoms with E-state index in [0.29, 0.717) is 26.5 Å². The number of hydrogen-bond acceptors (Lipinski definition) is 0. The van der Waals surface area contributed by atoms with Gasteiger partial charge in [-0.2, -0.15) is 0 Å². The van der Waals surface area contributed by atoms with Gasteiger partial charge in [-0.15, -0.1) is 0 Å². The van der Waals surface area contributed by atoms with Crippen LogP contribution >= 0.6 is 89.0 Å². The molecule has 0 amide bonds. The van der Waals surface area contributed by atoms with Crippen molar-refractivity contribution >= 4 is 121 Å². The first-order valence-electron chi connectivity index (χ1n) is 14.3. The Kier molecular flexibility index (Phi) is 20.6. The molecule has 6 rings (SSSR count). The van der Waals surface area contributed by atoms with Crippen LogP contribution in [0.4, 0.5) is 0 Å². The van der Waals surface area contributed by atoms with Crippen LogP contribution in [-0.2, 0) is 0 Å². The van der Waals surface area contributed by atoms with Gasteiger partial charge in [0.15, 0.2) is 0 Å². The summed E-state index contributed by atoms with van der Waals surface area (Å²) in [6.45, 7) is 4.82. The molecule has 0 aliphatic rings. The van der Waals surface area contributed by atoms with Crippen molar-refractivity contribution in [2.45, 2.75) is 0 Å². The first-order chi connectivity index (χ1) is 22.5. The van der Waals surface area contributed by atoms with Gasteiger partial charge < -0.3 is 0 Å². The minimum atomic E-state index is -1.53. The van der Waals surface area contributed by atoms with Crippen LogP contribution in [0.15, 0.2) is 182 Å². The van der Waals surface area contributed by atoms with E-state index in [0.717, 1.165) is 0 Å². The van der Waals surface area contributed by atoms with Crippen molar-refractivity contribution in [1.82, 2.24) is 0 Å². The Labute approximate surface area is 337 Å². The summed E-state index contributed by atoms with van der Waals surface area (Å²) in [4.78, 5) is 0. The van der Waals surface area contributed by atoms with Gasteiger partial charge in [0.1, 0.15) is 46.4 Å². The van der Waals surface area contributed by atoms with Gasteiger partial charge in [-0.25, -0.2) is 0 Å². The molecule has 0 bridgehead atoms. The van der Waals surface area contributed by atoms with Crippen molar-refractivity contribution in [1.29, 1.82) is 0 Å². The molecule has 0 saturated heterocycles. The molecule has 8 heteroatoms. The molecule has 0 unspecified atom stereocenters. The molecule has 0 aliphatic carbocycles. The van der Waals surface area contributed by atoms with E-state index in [1.54, 1.807) is 0 Å². The van der Waals surface area contributed by atoms with E-state index in [-0.39, 0.29) is 0 Å². The first-order valence-corrected chi connectivity index (χ1v) is 43.9. The molecule has 0 heterocycles. The Morgan fingerprint density at radius 3 is 0.500 bits per heavy atom. The quantitative estimate of drug-likeness (QED) is 0.167. The molecule has 0 aromatic heterocycles. The van der Waals surface area contributed by atoms with Crippen LogP contribution in [0.1, 0.15) is 0 Å². The molecule has 0 N–H and O–H groups in total. The zero-order valence-electron chi connectivity index (χ0n) is 25.5. The average molecular weight is 1320 g/mol. The van der Waals surface area contributed by atoms with Crippen LogP contribution in [-0.4, -0.2) is 13.3 Å². The van der Waals surface area contributed by atoms with Crippen LogP contribution in [0.25, 0.3) is 0 Å². The molecule has 6 aromatic carbocycles. The van der Waals surface area contributed by atoms with Gasteiger partial charge >= 0.3 is 101 Å². The van der Waals surface area contributed by atoms with Gasteiger partial charge in [-0.1, -0.05) is 109 Å². The first kappa shape index (κ1) is 41.0. The Morgan fingerprint density at radius 1 is 0.283 bits per heavy atom. The van der Waals surface area contributed by atoms with Crippen molar-refractivity contribution in [2.75, 3.05) is 13.3 Å². The SMILES string of the molecule is C[P+](c1ccccc1)(c1ccccc1)c1ccccc1.C[P+](c1ccccc1)(c1ccccc1)c1ccccc1.I[I-]I.I[I-]I. The summed E-state index contributed by atoms with van der Waals surface area (Å²) in [6.07, 6.45) is 0. The monoisotopic (exact) mass is 1320 g/mol. The van der Waals surface area contributed by atoms with Gasteiger partial charge in [-0.05, 0) is 72.8 Å².